The quantitative estimate of drug-likeness (QED) is 0.804. The number of aryl methyl sites for hydroxylation is 1. The van der Waals surface area contributed by atoms with E-state index in [0.717, 1.165) is 30.1 Å². The number of guanidine groups is 1. The molecule has 0 saturated carbocycles. The highest BCUT2D eigenvalue weighted by molar-refractivity contribution is 5.86. The lowest BCUT2D eigenvalue weighted by molar-refractivity contribution is 0.533. The zero-order chi connectivity index (χ0) is 11.7. The molecule has 1 aliphatic heterocycles. The van der Waals surface area contributed by atoms with Crippen LogP contribution in [0, 0.1) is 12.8 Å². The molecule has 1 aromatic rings. The first-order valence-electron chi connectivity index (χ1n) is 5.75. The zero-order valence-corrected chi connectivity index (χ0v) is 10.1. The zero-order valence-electron chi connectivity index (χ0n) is 10.1. The van der Waals surface area contributed by atoms with E-state index in [-0.39, 0.29) is 0 Å². The van der Waals surface area contributed by atoms with E-state index in [1.807, 2.05) is 11.6 Å². The van der Waals surface area contributed by atoms with Gasteiger partial charge in [-0.1, -0.05) is 20.3 Å². The summed E-state index contributed by atoms with van der Waals surface area (Å²) in [7, 11) is 0. The Hall–Kier alpha value is -1.52. The summed E-state index contributed by atoms with van der Waals surface area (Å²) in [6.45, 7) is 7.07. The first kappa shape index (κ1) is 11.0. The topological polar surface area (TPSA) is 68.2 Å². The number of rotatable bonds is 3. The van der Waals surface area contributed by atoms with Gasteiger partial charge in [0.05, 0.1) is 17.9 Å². The van der Waals surface area contributed by atoms with Crippen molar-refractivity contribution in [3.8, 4) is 0 Å². The van der Waals surface area contributed by atoms with Crippen molar-refractivity contribution in [3.05, 3.63) is 17.2 Å². The van der Waals surface area contributed by atoms with Crippen LogP contribution in [-0.2, 0) is 13.0 Å². The lowest BCUT2D eigenvalue weighted by Crippen LogP contribution is -2.36. The van der Waals surface area contributed by atoms with Gasteiger partial charge in [0, 0.05) is 6.42 Å². The van der Waals surface area contributed by atoms with E-state index >= 15 is 0 Å². The molecule has 2 rings (SSSR count). The Balaban J connectivity index is 2.28. The van der Waals surface area contributed by atoms with Gasteiger partial charge in [0.1, 0.15) is 5.82 Å². The Labute approximate surface area is 95.7 Å². The van der Waals surface area contributed by atoms with Crippen molar-refractivity contribution in [1.82, 2.24) is 9.66 Å². The van der Waals surface area contributed by atoms with E-state index in [9.17, 15) is 0 Å². The number of hydrogen-bond donors (Lipinski definition) is 2. The fourth-order valence-electron chi connectivity index (χ4n) is 1.85. The molecule has 0 amide bonds. The number of nitrogens with two attached hydrogens (primary N) is 1. The molecule has 2 heterocycles. The van der Waals surface area contributed by atoms with E-state index in [0.29, 0.717) is 18.4 Å². The normalized spacial score (nSPS) is 16.3. The van der Waals surface area contributed by atoms with Gasteiger partial charge >= 0.3 is 0 Å². The fraction of sp³-hybridized carbons (Fsp3) is 0.636. The molecule has 0 fully saturated rings. The van der Waals surface area contributed by atoms with Gasteiger partial charge in [-0.3, -0.25) is 5.43 Å². The predicted octanol–water partition coefficient (Wildman–Crippen LogP) is 1.15. The molecule has 1 atom stereocenters. The summed E-state index contributed by atoms with van der Waals surface area (Å²) in [5, 5.41) is 0. The van der Waals surface area contributed by atoms with Crippen molar-refractivity contribution < 1.29 is 0 Å². The minimum atomic E-state index is 0.468. The molecular weight excluding hydrogens is 202 g/mol. The number of fused-ring (bicyclic) bond motifs is 1. The summed E-state index contributed by atoms with van der Waals surface area (Å²) in [5.41, 5.74) is 10.9. The Kier molecular flexibility index (Phi) is 2.85. The average Bonchev–Trinajstić information content (AvgIpc) is 2.55. The molecule has 1 aliphatic rings. The molecule has 0 bridgehead atoms. The van der Waals surface area contributed by atoms with Crippen molar-refractivity contribution in [2.45, 2.75) is 40.2 Å². The third-order valence-electron chi connectivity index (χ3n) is 3.10. The molecule has 88 valence electrons. The van der Waals surface area contributed by atoms with Crippen molar-refractivity contribution in [2.24, 2.45) is 16.6 Å². The van der Waals surface area contributed by atoms with Gasteiger partial charge in [-0.15, -0.1) is 0 Å². The first-order valence-corrected chi connectivity index (χ1v) is 5.75. The molecule has 0 spiro atoms. The third kappa shape index (κ3) is 1.89. The summed E-state index contributed by atoms with van der Waals surface area (Å²) in [6.07, 6.45) is 2.13. The van der Waals surface area contributed by atoms with E-state index in [4.69, 9.17) is 5.73 Å². The molecule has 0 aliphatic carbocycles. The molecule has 0 saturated heterocycles. The van der Waals surface area contributed by atoms with Crippen LogP contribution in [0.1, 0.15) is 37.5 Å². The molecule has 1 aromatic heterocycles. The smallest absolute Gasteiger partial charge is 0.208 e. The summed E-state index contributed by atoms with van der Waals surface area (Å²) >= 11 is 0. The predicted molar refractivity (Wildman–Crippen MR) is 64.8 cm³/mol. The summed E-state index contributed by atoms with van der Waals surface area (Å²) in [4.78, 5) is 8.75. The molecular formula is C11H19N5. The van der Waals surface area contributed by atoms with Gasteiger partial charge in [0.25, 0.3) is 0 Å². The van der Waals surface area contributed by atoms with Crippen LogP contribution in [0.15, 0.2) is 4.99 Å². The van der Waals surface area contributed by atoms with Crippen molar-refractivity contribution in [1.29, 1.82) is 0 Å². The van der Waals surface area contributed by atoms with E-state index in [1.54, 1.807) is 0 Å². The minimum absolute atomic E-state index is 0.468. The Bertz CT molecular complexity index is 418. The van der Waals surface area contributed by atoms with Crippen LogP contribution in [0.5, 0.6) is 0 Å². The minimum Gasteiger partial charge on any atom is -0.369 e. The Morgan fingerprint density at radius 1 is 1.56 bits per heavy atom. The molecule has 0 radical (unpaired) electrons. The summed E-state index contributed by atoms with van der Waals surface area (Å²) in [5.74, 6) is 2.16. The molecule has 1 unspecified atom stereocenters. The lowest BCUT2D eigenvalue weighted by Gasteiger charge is -2.18. The highest BCUT2D eigenvalue weighted by Crippen LogP contribution is 2.17. The monoisotopic (exact) mass is 221 g/mol. The van der Waals surface area contributed by atoms with E-state index in [2.05, 4.69) is 29.2 Å². The highest BCUT2D eigenvalue weighted by Gasteiger charge is 2.18. The highest BCUT2D eigenvalue weighted by atomic mass is 15.5. The molecule has 5 nitrogen and oxygen atoms in total. The number of nitrogens with one attached hydrogen (secondary N) is 1. The molecule has 5 heteroatoms. The van der Waals surface area contributed by atoms with Gasteiger partial charge in [0.15, 0.2) is 0 Å². The maximum Gasteiger partial charge on any atom is 0.208 e. The fourth-order valence-corrected chi connectivity index (χ4v) is 1.85. The lowest BCUT2D eigenvalue weighted by atomic mass is 10.1. The van der Waals surface area contributed by atoms with Gasteiger partial charge in [-0.05, 0) is 12.8 Å². The summed E-state index contributed by atoms with van der Waals surface area (Å²) in [6, 6.07) is 0. The average molecular weight is 221 g/mol. The second-order valence-electron chi connectivity index (χ2n) is 4.43. The molecule has 3 N–H and O–H groups in total. The van der Waals surface area contributed by atoms with Crippen LogP contribution in [-0.4, -0.2) is 15.6 Å². The first-order chi connectivity index (χ1) is 7.61. The van der Waals surface area contributed by atoms with Crippen molar-refractivity contribution in [3.63, 3.8) is 0 Å². The Morgan fingerprint density at radius 2 is 2.31 bits per heavy atom. The van der Waals surface area contributed by atoms with Crippen LogP contribution in [0.2, 0.25) is 0 Å². The number of aromatic nitrogens is 2. The second-order valence-corrected chi connectivity index (χ2v) is 4.43. The standard InChI is InChI=1S/C11H19N5/c1-4-7(2)5-10-14-8(3)9-6-13-11(12)15-16(9)10/h7H,4-6H2,1-3H3,(H3,12,13,15). The SMILES string of the molecule is CCC(C)Cc1nc(C)c2n1NC(N)=NC2. The number of imidazole rings is 1. The summed E-state index contributed by atoms with van der Waals surface area (Å²) < 4.78 is 1.99. The van der Waals surface area contributed by atoms with Gasteiger partial charge in [-0.25, -0.2) is 14.7 Å². The van der Waals surface area contributed by atoms with Gasteiger partial charge < -0.3 is 5.73 Å². The van der Waals surface area contributed by atoms with E-state index in [1.165, 1.54) is 0 Å². The maximum atomic E-state index is 5.68. The number of hydrogen-bond acceptors (Lipinski definition) is 4. The molecule has 0 aromatic carbocycles. The maximum absolute atomic E-state index is 5.68. The van der Waals surface area contributed by atoms with Crippen LogP contribution in [0.3, 0.4) is 0 Å². The van der Waals surface area contributed by atoms with Crippen LogP contribution < -0.4 is 11.2 Å². The van der Waals surface area contributed by atoms with Crippen LogP contribution in [0.4, 0.5) is 0 Å². The molecule has 16 heavy (non-hydrogen) atoms. The number of nitrogens with zero attached hydrogens (tertiary/aromatic N) is 3. The van der Waals surface area contributed by atoms with Crippen molar-refractivity contribution >= 4 is 5.96 Å². The third-order valence-corrected chi connectivity index (χ3v) is 3.10. The van der Waals surface area contributed by atoms with E-state index < -0.39 is 0 Å². The Morgan fingerprint density at radius 3 is 3.00 bits per heavy atom. The largest absolute Gasteiger partial charge is 0.369 e. The van der Waals surface area contributed by atoms with Gasteiger partial charge in [-0.2, -0.15) is 0 Å². The van der Waals surface area contributed by atoms with Crippen LogP contribution >= 0.6 is 0 Å². The second kappa shape index (κ2) is 4.15. The van der Waals surface area contributed by atoms with Crippen LogP contribution in [0.25, 0.3) is 0 Å². The van der Waals surface area contributed by atoms with Crippen molar-refractivity contribution in [2.75, 3.05) is 5.43 Å². The van der Waals surface area contributed by atoms with Gasteiger partial charge in [0.2, 0.25) is 5.96 Å². The number of aliphatic imine (C=N–C) groups is 1.